The second-order valence-electron chi connectivity index (χ2n) is 5.26. The molecule has 0 heterocycles. The summed E-state index contributed by atoms with van der Waals surface area (Å²) in [7, 11) is -3.60. The molecule has 0 amide bonds. The minimum atomic E-state index is -3.60. The highest BCUT2D eigenvalue weighted by molar-refractivity contribution is 9.10. The number of rotatable bonds is 6. The molecule has 0 saturated carbocycles. The van der Waals surface area contributed by atoms with Crippen molar-refractivity contribution in [3.8, 4) is 5.75 Å². The molecule has 4 nitrogen and oxygen atoms in total. The lowest BCUT2D eigenvalue weighted by molar-refractivity contribution is 0.337. The van der Waals surface area contributed by atoms with Gasteiger partial charge in [-0.3, -0.25) is 0 Å². The largest absolute Gasteiger partial charge is 0.494 e. The van der Waals surface area contributed by atoms with Crippen LogP contribution in [0.5, 0.6) is 5.75 Å². The van der Waals surface area contributed by atoms with E-state index in [9.17, 15) is 8.42 Å². The molecular formula is C17H20BrNO3S. The molecule has 1 N–H and O–H groups in total. The second kappa shape index (κ2) is 7.47. The first-order chi connectivity index (χ1) is 10.8. The van der Waals surface area contributed by atoms with Crippen molar-refractivity contribution in [3.05, 3.63) is 58.1 Å². The van der Waals surface area contributed by atoms with Crippen LogP contribution in [0.2, 0.25) is 0 Å². The molecule has 2 rings (SSSR count). The molecular weight excluding hydrogens is 378 g/mol. The van der Waals surface area contributed by atoms with Crippen LogP contribution in [0.15, 0.2) is 51.8 Å². The Balaban J connectivity index is 2.23. The summed E-state index contributed by atoms with van der Waals surface area (Å²) >= 11 is 3.40. The molecule has 0 aliphatic heterocycles. The first-order valence-corrected chi connectivity index (χ1v) is 9.62. The minimum Gasteiger partial charge on any atom is -0.494 e. The van der Waals surface area contributed by atoms with E-state index in [0.717, 1.165) is 15.6 Å². The minimum absolute atomic E-state index is 0.236. The van der Waals surface area contributed by atoms with Gasteiger partial charge in [-0.05, 0) is 62.2 Å². The average molecular weight is 398 g/mol. The Bertz CT molecular complexity index is 790. The van der Waals surface area contributed by atoms with E-state index in [1.165, 1.54) is 0 Å². The van der Waals surface area contributed by atoms with E-state index >= 15 is 0 Å². The van der Waals surface area contributed by atoms with Crippen LogP contribution in [0.25, 0.3) is 0 Å². The predicted molar refractivity (Wildman–Crippen MR) is 95.2 cm³/mol. The Morgan fingerprint density at radius 2 is 1.96 bits per heavy atom. The fourth-order valence-corrected chi connectivity index (χ4v) is 3.98. The normalized spacial score (nSPS) is 12.9. The van der Waals surface area contributed by atoms with E-state index in [-0.39, 0.29) is 10.9 Å². The molecule has 0 spiro atoms. The number of hydrogen-bond donors (Lipinski definition) is 1. The third-order valence-corrected chi connectivity index (χ3v) is 5.47. The first kappa shape index (κ1) is 18.0. The highest BCUT2D eigenvalue weighted by atomic mass is 79.9. The summed E-state index contributed by atoms with van der Waals surface area (Å²) in [6.07, 6.45) is 0. The Labute approximate surface area is 146 Å². The number of aryl methyl sites for hydroxylation is 1. The predicted octanol–water partition coefficient (Wildman–Crippen LogP) is 4.20. The summed E-state index contributed by atoms with van der Waals surface area (Å²) < 4.78 is 34.2. The van der Waals surface area contributed by atoms with Crippen LogP contribution in [0.3, 0.4) is 0 Å². The van der Waals surface area contributed by atoms with Crippen molar-refractivity contribution >= 4 is 26.0 Å². The van der Waals surface area contributed by atoms with Crippen LogP contribution in [0, 0.1) is 6.92 Å². The third-order valence-electron chi connectivity index (χ3n) is 3.44. The van der Waals surface area contributed by atoms with E-state index < -0.39 is 10.0 Å². The van der Waals surface area contributed by atoms with Crippen LogP contribution in [-0.2, 0) is 10.0 Å². The van der Waals surface area contributed by atoms with Gasteiger partial charge in [-0.15, -0.1) is 0 Å². The van der Waals surface area contributed by atoms with Crippen LogP contribution in [-0.4, -0.2) is 15.0 Å². The van der Waals surface area contributed by atoms with Gasteiger partial charge >= 0.3 is 0 Å². The molecule has 0 aromatic heterocycles. The van der Waals surface area contributed by atoms with Crippen molar-refractivity contribution in [2.45, 2.75) is 31.7 Å². The van der Waals surface area contributed by atoms with Gasteiger partial charge in [0.1, 0.15) is 5.75 Å². The number of sulfonamides is 1. The van der Waals surface area contributed by atoms with Crippen molar-refractivity contribution < 1.29 is 13.2 Å². The van der Waals surface area contributed by atoms with Crippen molar-refractivity contribution in [2.24, 2.45) is 0 Å². The maximum atomic E-state index is 12.6. The molecule has 0 aliphatic rings. The van der Waals surface area contributed by atoms with Gasteiger partial charge in [0.2, 0.25) is 10.0 Å². The second-order valence-corrected chi connectivity index (χ2v) is 7.89. The van der Waals surface area contributed by atoms with E-state index in [1.54, 1.807) is 18.2 Å². The monoisotopic (exact) mass is 397 g/mol. The van der Waals surface area contributed by atoms with Crippen molar-refractivity contribution in [1.29, 1.82) is 0 Å². The standard InChI is InChI=1S/C17H20BrNO3S/c1-4-22-17-9-8-16(10-12(17)2)23(20,21)19-13(3)14-6-5-7-15(18)11-14/h5-11,13,19H,4H2,1-3H3/t13-/m0/s1. The number of ether oxygens (including phenoxy) is 1. The molecule has 6 heteroatoms. The molecule has 2 aromatic carbocycles. The zero-order valence-electron chi connectivity index (χ0n) is 13.3. The zero-order chi connectivity index (χ0) is 17.0. The lowest BCUT2D eigenvalue weighted by Crippen LogP contribution is -2.27. The summed E-state index contributed by atoms with van der Waals surface area (Å²) in [4.78, 5) is 0.236. The summed E-state index contributed by atoms with van der Waals surface area (Å²) in [6.45, 7) is 6.10. The fraction of sp³-hybridized carbons (Fsp3) is 0.294. The summed E-state index contributed by atoms with van der Waals surface area (Å²) in [6, 6.07) is 12.1. The van der Waals surface area contributed by atoms with Gasteiger partial charge in [0.25, 0.3) is 0 Å². The highest BCUT2D eigenvalue weighted by Crippen LogP contribution is 2.24. The Kier molecular flexibility index (Phi) is 5.84. The van der Waals surface area contributed by atoms with Crippen LogP contribution in [0.1, 0.15) is 31.0 Å². The molecule has 23 heavy (non-hydrogen) atoms. The quantitative estimate of drug-likeness (QED) is 0.794. The third kappa shape index (κ3) is 4.56. The molecule has 0 fully saturated rings. The maximum absolute atomic E-state index is 12.6. The molecule has 0 aliphatic carbocycles. The maximum Gasteiger partial charge on any atom is 0.241 e. The summed E-state index contributed by atoms with van der Waals surface area (Å²) in [5.74, 6) is 0.700. The number of benzene rings is 2. The Morgan fingerprint density at radius 3 is 2.57 bits per heavy atom. The summed E-state index contributed by atoms with van der Waals surface area (Å²) in [5.41, 5.74) is 1.69. The van der Waals surface area contributed by atoms with Crippen molar-refractivity contribution in [1.82, 2.24) is 4.72 Å². The van der Waals surface area contributed by atoms with Crippen molar-refractivity contribution in [3.63, 3.8) is 0 Å². The summed E-state index contributed by atoms with van der Waals surface area (Å²) in [5, 5.41) is 0. The van der Waals surface area contributed by atoms with Gasteiger partial charge in [-0.1, -0.05) is 28.1 Å². The lowest BCUT2D eigenvalue weighted by Gasteiger charge is -2.16. The Hall–Kier alpha value is -1.37. The molecule has 0 unspecified atom stereocenters. The highest BCUT2D eigenvalue weighted by Gasteiger charge is 2.19. The smallest absolute Gasteiger partial charge is 0.241 e. The molecule has 2 aromatic rings. The van der Waals surface area contributed by atoms with Gasteiger partial charge in [-0.25, -0.2) is 13.1 Å². The van der Waals surface area contributed by atoms with Gasteiger partial charge in [0, 0.05) is 10.5 Å². The van der Waals surface area contributed by atoms with Gasteiger partial charge in [0.05, 0.1) is 11.5 Å². The Morgan fingerprint density at radius 1 is 1.22 bits per heavy atom. The first-order valence-electron chi connectivity index (χ1n) is 7.34. The molecule has 124 valence electrons. The number of hydrogen-bond acceptors (Lipinski definition) is 3. The average Bonchev–Trinajstić information content (AvgIpc) is 2.49. The van der Waals surface area contributed by atoms with Crippen LogP contribution < -0.4 is 9.46 Å². The van der Waals surface area contributed by atoms with Gasteiger partial charge in [0.15, 0.2) is 0 Å². The van der Waals surface area contributed by atoms with Gasteiger partial charge in [-0.2, -0.15) is 0 Å². The molecule has 0 bridgehead atoms. The lowest BCUT2D eigenvalue weighted by atomic mass is 10.1. The number of nitrogens with one attached hydrogen (secondary N) is 1. The molecule has 0 radical (unpaired) electrons. The van der Waals surface area contributed by atoms with E-state index in [1.807, 2.05) is 45.0 Å². The number of halogens is 1. The van der Waals surface area contributed by atoms with Crippen LogP contribution >= 0.6 is 15.9 Å². The van der Waals surface area contributed by atoms with Crippen LogP contribution in [0.4, 0.5) is 0 Å². The molecule has 1 atom stereocenters. The molecule has 0 saturated heterocycles. The van der Waals surface area contributed by atoms with E-state index in [0.29, 0.717) is 12.4 Å². The topological polar surface area (TPSA) is 55.4 Å². The van der Waals surface area contributed by atoms with Crippen molar-refractivity contribution in [2.75, 3.05) is 6.61 Å². The van der Waals surface area contributed by atoms with E-state index in [4.69, 9.17) is 4.74 Å². The SMILES string of the molecule is CCOc1ccc(S(=O)(=O)N[C@@H](C)c2cccc(Br)c2)cc1C. The zero-order valence-corrected chi connectivity index (χ0v) is 15.7. The van der Waals surface area contributed by atoms with Gasteiger partial charge < -0.3 is 4.74 Å². The van der Waals surface area contributed by atoms with E-state index in [2.05, 4.69) is 20.7 Å². The fourth-order valence-electron chi connectivity index (χ4n) is 2.25.